The average molecular weight is 259 g/mol. The second kappa shape index (κ2) is 6.58. The third-order valence-corrected chi connectivity index (χ3v) is 2.79. The van der Waals surface area contributed by atoms with Gasteiger partial charge in [-0.15, -0.1) is 0 Å². The lowest BCUT2D eigenvalue weighted by molar-refractivity contribution is 0.301. The van der Waals surface area contributed by atoms with Crippen LogP contribution >= 0.6 is 0 Å². The molecule has 5 heteroatoms. The number of imidazole rings is 1. The number of nitrogens with zero attached hydrogens (tertiary/aromatic N) is 3. The third kappa shape index (κ3) is 3.84. The Morgan fingerprint density at radius 2 is 2.37 bits per heavy atom. The fraction of sp³-hybridized carbons (Fsp3) is 0.286. The van der Waals surface area contributed by atoms with E-state index >= 15 is 0 Å². The number of benzene rings is 1. The van der Waals surface area contributed by atoms with Gasteiger partial charge in [0.25, 0.3) is 0 Å². The van der Waals surface area contributed by atoms with Crippen molar-refractivity contribution in [3.8, 4) is 5.75 Å². The first kappa shape index (κ1) is 13.1. The second-order valence-electron chi connectivity index (χ2n) is 4.22. The van der Waals surface area contributed by atoms with E-state index in [0.29, 0.717) is 12.3 Å². The van der Waals surface area contributed by atoms with Gasteiger partial charge in [-0.2, -0.15) is 0 Å². The first-order valence-corrected chi connectivity index (χ1v) is 6.17. The van der Waals surface area contributed by atoms with Crippen LogP contribution in [-0.4, -0.2) is 27.1 Å². The lowest BCUT2D eigenvalue weighted by Gasteiger charge is -2.08. The Morgan fingerprint density at radius 1 is 1.47 bits per heavy atom. The van der Waals surface area contributed by atoms with Crippen molar-refractivity contribution in [2.45, 2.75) is 19.9 Å². The Bertz CT molecular complexity index is 535. The van der Waals surface area contributed by atoms with E-state index in [-0.39, 0.29) is 0 Å². The molecule has 1 heterocycles. The van der Waals surface area contributed by atoms with Gasteiger partial charge in [-0.05, 0) is 25.5 Å². The Labute approximate surface area is 112 Å². The van der Waals surface area contributed by atoms with E-state index in [1.54, 1.807) is 19.4 Å². The van der Waals surface area contributed by atoms with E-state index in [1.165, 1.54) is 0 Å². The third-order valence-electron chi connectivity index (χ3n) is 2.79. The summed E-state index contributed by atoms with van der Waals surface area (Å²) in [5.74, 6) is 0.783. The monoisotopic (exact) mass is 259 g/mol. The highest BCUT2D eigenvalue weighted by molar-refractivity contribution is 5.98. The molecule has 2 rings (SSSR count). The van der Waals surface area contributed by atoms with E-state index < -0.39 is 0 Å². The quantitative estimate of drug-likeness (QED) is 0.375. The van der Waals surface area contributed by atoms with E-state index in [0.717, 1.165) is 24.3 Å². The van der Waals surface area contributed by atoms with Gasteiger partial charge >= 0.3 is 0 Å². The molecule has 0 radical (unpaired) electrons. The predicted molar refractivity (Wildman–Crippen MR) is 72.8 cm³/mol. The molecule has 0 aliphatic rings. The molecule has 19 heavy (non-hydrogen) atoms. The lowest BCUT2D eigenvalue weighted by Crippen LogP contribution is -2.03. The molecular formula is C14H17N3O2. The Morgan fingerprint density at radius 3 is 3.11 bits per heavy atom. The van der Waals surface area contributed by atoms with Crippen LogP contribution in [0.2, 0.25) is 0 Å². The van der Waals surface area contributed by atoms with Gasteiger partial charge in [-0.3, -0.25) is 0 Å². The van der Waals surface area contributed by atoms with Gasteiger partial charge in [0.15, 0.2) is 0 Å². The van der Waals surface area contributed by atoms with Crippen molar-refractivity contribution in [1.29, 1.82) is 0 Å². The molecule has 0 bridgehead atoms. The molecule has 1 aromatic heterocycles. The zero-order chi connectivity index (χ0) is 13.5. The molecular weight excluding hydrogens is 242 g/mol. The summed E-state index contributed by atoms with van der Waals surface area (Å²) in [7, 11) is 0. The zero-order valence-corrected chi connectivity index (χ0v) is 10.9. The average Bonchev–Trinajstić information content (AvgIpc) is 2.96. The van der Waals surface area contributed by atoms with Crippen molar-refractivity contribution in [3.05, 3.63) is 48.5 Å². The molecule has 1 aromatic carbocycles. The van der Waals surface area contributed by atoms with E-state index in [2.05, 4.69) is 10.1 Å². The number of ether oxygens (including phenoxy) is 1. The summed E-state index contributed by atoms with van der Waals surface area (Å²) in [6.07, 6.45) is 6.40. The van der Waals surface area contributed by atoms with Crippen LogP contribution in [0.3, 0.4) is 0 Å². The summed E-state index contributed by atoms with van der Waals surface area (Å²) in [6.45, 7) is 3.27. The first-order chi connectivity index (χ1) is 9.29. The lowest BCUT2D eigenvalue weighted by atomic mass is 10.1. The minimum absolute atomic E-state index is 0.573. The van der Waals surface area contributed by atoms with Gasteiger partial charge in [0.05, 0.1) is 18.6 Å². The van der Waals surface area contributed by atoms with E-state index in [9.17, 15) is 0 Å². The molecule has 2 aromatic rings. The van der Waals surface area contributed by atoms with Crippen LogP contribution in [-0.2, 0) is 6.54 Å². The molecule has 0 saturated carbocycles. The molecule has 100 valence electrons. The van der Waals surface area contributed by atoms with E-state index in [4.69, 9.17) is 9.94 Å². The number of hydrogen-bond donors (Lipinski definition) is 1. The fourth-order valence-corrected chi connectivity index (χ4v) is 1.72. The SMILES string of the molecule is C/C(=N/O)c1cccc(OCCCn2ccnc2)c1. The van der Waals surface area contributed by atoms with Crippen molar-refractivity contribution >= 4 is 5.71 Å². The number of aromatic nitrogens is 2. The molecule has 0 unspecified atom stereocenters. The maximum atomic E-state index is 8.74. The predicted octanol–water partition coefficient (Wildman–Crippen LogP) is 2.55. The molecule has 0 atom stereocenters. The smallest absolute Gasteiger partial charge is 0.119 e. The maximum Gasteiger partial charge on any atom is 0.119 e. The van der Waals surface area contributed by atoms with Crippen LogP contribution in [0.15, 0.2) is 48.1 Å². The topological polar surface area (TPSA) is 59.6 Å². The Kier molecular flexibility index (Phi) is 4.55. The van der Waals surface area contributed by atoms with Crippen LogP contribution in [0.4, 0.5) is 0 Å². The molecule has 5 nitrogen and oxygen atoms in total. The summed E-state index contributed by atoms with van der Waals surface area (Å²) in [5.41, 5.74) is 1.43. The van der Waals surface area contributed by atoms with Gasteiger partial charge in [0.2, 0.25) is 0 Å². The standard InChI is InChI=1S/C14H17N3O2/c1-12(16-18)13-4-2-5-14(10-13)19-9-3-7-17-8-6-15-11-17/h2,4-6,8,10-11,18H,3,7,9H2,1H3/b16-12-. The van der Waals surface area contributed by atoms with Gasteiger partial charge in [-0.25, -0.2) is 4.98 Å². The highest BCUT2D eigenvalue weighted by Gasteiger charge is 2.00. The largest absolute Gasteiger partial charge is 0.494 e. The molecule has 0 amide bonds. The van der Waals surface area contributed by atoms with Crippen LogP contribution in [0, 0.1) is 0 Å². The van der Waals surface area contributed by atoms with Crippen molar-refractivity contribution in [1.82, 2.24) is 9.55 Å². The highest BCUT2D eigenvalue weighted by Crippen LogP contribution is 2.14. The molecule has 1 N–H and O–H groups in total. The van der Waals surface area contributed by atoms with Crippen molar-refractivity contribution in [3.63, 3.8) is 0 Å². The zero-order valence-electron chi connectivity index (χ0n) is 10.9. The molecule has 0 aliphatic carbocycles. The number of aryl methyl sites for hydroxylation is 1. The first-order valence-electron chi connectivity index (χ1n) is 6.17. The van der Waals surface area contributed by atoms with Crippen molar-refractivity contribution < 1.29 is 9.94 Å². The normalized spacial score (nSPS) is 11.5. The minimum Gasteiger partial charge on any atom is -0.494 e. The molecule has 0 spiro atoms. The fourth-order valence-electron chi connectivity index (χ4n) is 1.72. The summed E-state index contributed by atoms with van der Waals surface area (Å²) in [6, 6.07) is 7.53. The summed E-state index contributed by atoms with van der Waals surface area (Å²) < 4.78 is 7.69. The summed E-state index contributed by atoms with van der Waals surface area (Å²) in [4.78, 5) is 3.98. The van der Waals surface area contributed by atoms with Gasteiger partial charge in [-0.1, -0.05) is 17.3 Å². The molecule has 0 fully saturated rings. The Balaban J connectivity index is 1.82. The van der Waals surface area contributed by atoms with Gasteiger partial charge < -0.3 is 14.5 Å². The van der Waals surface area contributed by atoms with Crippen LogP contribution < -0.4 is 4.74 Å². The maximum absolute atomic E-state index is 8.74. The van der Waals surface area contributed by atoms with Gasteiger partial charge in [0, 0.05) is 24.5 Å². The summed E-state index contributed by atoms with van der Waals surface area (Å²) >= 11 is 0. The van der Waals surface area contributed by atoms with E-state index in [1.807, 2.05) is 35.0 Å². The molecule has 0 aliphatic heterocycles. The second-order valence-corrected chi connectivity index (χ2v) is 4.22. The highest BCUT2D eigenvalue weighted by atomic mass is 16.5. The Hall–Kier alpha value is -2.30. The number of rotatable bonds is 6. The van der Waals surface area contributed by atoms with Crippen LogP contribution in [0.25, 0.3) is 0 Å². The van der Waals surface area contributed by atoms with Crippen LogP contribution in [0.5, 0.6) is 5.75 Å². The van der Waals surface area contributed by atoms with Crippen LogP contribution in [0.1, 0.15) is 18.9 Å². The molecule has 0 saturated heterocycles. The van der Waals surface area contributed by atoms with Gasteiger partial charge in [0.1, 0.15) is 5.75 Å². The number of hydrogen-bond acceptors (Lipinski definition) is 4. The van der Waals surface area contributed by atoms with Crippen molar-refractivity contribution in [2.75, 3.05) is 6.61 Å². The summed E-state index contributed by atoms with van der Waals surface area (Å²) in [5, 5.41) is 11.9. The minimum atomic E-state index is 0.573. The number of oxime groups is 1. The van der Waals surface area contributed by atoms with Crippen molar-refractivity contribution in [2.24, 2.45) is 5.16 Å².